The molecule has 1 saturated carbocycles. The summed E-state index contributed by atoms with van der Waals surface area (Å²) in [5.74, 6) is 0.255. The molecule has 2 fully saturated rings. The van der Waals surface area contributed by atoms with E-state index in [4.69, 9.17) is 0 Å². The molecule has 2 aromatic rings. The van der Waals surface area contributed by atoms with Crippen molar-refractivity contribution in [2.45, 2.75) is 25.3 Å². The Labute approximate surface area is 144 Å². The van der Waals surface area contributed by atoms with Gasteiger partial charge in [-0.15, -0.1) is 0 Å². The van der Waals surface area contributed by atoms with Gasteiger partial charge in [0.25, 0.3) is 11.5 Å². The Balaban J connectivity index is 1.56. The molecule has 7 nitrogen and oxygen atoms in total. The first-order valence-electron chi connectivity index (χ1n) is 8.57. The standard InChI is InChI=1S/C18H20N4O3/c1-21(12-5-7-22(10-12)17(24)11-2-3-11)18(25)15-9-19-8-14-13(15)4-6-20-16(14)23/h4,6,8-9,11-12H,2-3,5,7,10H2,1H3,(H,20,23). The summed E-state index contributed by atoms with van der Waals surface area (Å²) < 4.78 is 0. The lowest BCUT2D eigenvalue weighted by Gasteiger charge is -2.25. The van der Waals surface area contributed by atoms with Crippen LogP contribution in [0.4, 0.5) is 0 Å². The van der Waals surface area contributed by atoms with Crippen molar-refractivity contribution in [3.8, 4) is 0 Å². The number of aromatic amines is 1. The fourth-order valence-corrected chi connectivity index (χ4v) is 3.48. The number of hydrogen-bond acceptors (Lipinski definition) is 4. The normalized spacial score (nSPS) is 20.0. The molecular formula is C18H20N4O3. The molecule has 1 aliphatic carbocycles. The van der Waals surface area contributed by atoms with Crippen LogP contribution in [-0.2, 0) is 4.79 Å². The summed E-state index contributed by atoms with van der Waals surface area (Å²) in [6.45, 7) is 1.28. The second-order valence-electron chi connectivity index (χ2n) is 6.87. The molecule has 7 heteroatoms. The van der Waals surface area contributed by atoms with Crippen molar-refractivity contribution < 1.29 is 9.59 Å². The van der Waals surface area contributed by atoms with E-state index in [2.05, 4.69) is 9.97 Å². The van der Waals surface area contributed by atoms with Crippen molar-refractivity contribution in [2.75, 3.05) is 20.1 Å². The zero-order valence-corrected chi connectivity index (χ0v) is 14.1. The lowest BCUT2D eigenvalue weighted by Crippen LogP contribution is -2.40. The number of pyridine rings is 2. The van der Waals surface area contributed by atoms with Crippen LogP contribution in [0, 0.1) is 5.92 Å². The topological polar surface area (TPSA) is 86.4 Å². The van der Waals surface area contributed by atoms with Gasteiger partial charge in [-0.3, -0.25) is 19.4 Å². The van der Waals surface area contributed by atoms with E-state index in [1.807, 2.05) is 4.90 Å². The van der Waals surface area contributed by atoms with Gasteiger partial charge in [0.05, 0.1) is 17.0 Å². The number of likely N-dealkylation sites (N-methyl/N-ethyl adjacent to an activating group) is 1. The van der Waals surface area contributed by atoms with Crippen LogP contribution < -0.4 is 5.56 Å². The Morgan fingerprint density at radius 3 is 2.80 bits per heavy atom. The summed E-state index contributed by atoms with van der Waals surface area (Å²) in [7, 11) is 1.75. The van der Waals surface area contributed by atoms with Crippen molar-refractivity contribution in [1.29, 1.82) is 0 Å². The molecule has 1 atom stereocenters. The molecule has 1 N–H and O–H groups in total. The first-order valence-corrected chi connectivity index (χ1v) is 8.57. The number of nitrogens with zero attached hydrogens (tertiary/aromatic N) is 3. The number of amides is 2. The lowest BCUT2D eigenvalue weighted by molar-refractivity contribution is -0.131. The minimum absolute atomic E-state index is 0.00699. The van der Waals surface area contributed by atoms with Crippen molar-refractivity contribution >= 4 is 22.6 Å². The van der Waals surface area contributed by atoms with Crippen molar-refractivity contribution in [2.24, 2.45) is 5.92 Å². The molecule has 0 aromatic carbocycles. The fraction of sp³-hybridized carbons (Fsp3) is 0.444. The van der Waals surface area contributed by atoms with Crippen LogP contribution in [0.15, 0.2) is 29.5 Å². The molecule has 2 amide bonds. The largest absolute Gasteiger partial charge is 0.340 e. The van der Waals surface area contributed by atoms with Gasteiger partial charge in [0.2, 0.25) is 5.91 Å². The molecule has 2 aromatic heterocycles. The number of fused-ring (bicyclic) bond motifs is 1. The minimum Gasteiger partial charge on any atom is -0.340 e. The van der Waals surface area contributed by atoms with Crippen LogP contribution in [0.1, 0.15) is 29.6 Å². The Morgan fingerprint density at radius 1 is 1.24 bits per heavy atom. The van der Waals surface area contributed by atoms with E-state index < -0.39 is 0 Å². The smallest absolute Gasteiger partial charge is 0.257 e. The average Bonchev–Trinajstić information content (AvgIpc) is 3.36. The summed E-state index contributed by atoms with van der Waals surface area (Å²) in [5, 5.41) is 0.998. The SMILES string of the molecule is CN(C(=O)c1cncc2c(=O)[nH]ccc12)C1CCN(C(=O)C2CC2)C1. The molecule has 2 aliphatic rings. The van der Waals surface area contributed by atoms with Gasteiger partial charge in [-0.05, 0) is 25.3 Å². The van der Waals surface area contributed by atoms with E-state index in [0.717, 1.165) is 19.3 Å². The van der Waals surface area contributed by atoms with Gasteiger partial charge >= 0.3 is 0 Å². The number of nitrogens with one attached hydrogen (secondary N) is 1. The zero-order chi connectivity index (χ0) is 17.6. The Kier molecular flexibility index (Phi) is 3.78. The van der Waals surface area contributed by atoms with Gasteiger partial charge < -0.3 is 14.8 Å². The predicted octanol–water partition coefficient (Wildman–Crippen LogP) is 1.01. The summed E-state index contributed by atoms with van der Waals surface area (Å²) >= 11 is 0. The molecule has 0 bridgehead atoms. The second kappa shape index (κ2) is 5.98. The maximum absolute atomic E-state index is 12.9. The average molecular weight is 340 g/mol. The van der Waals surface area contributed by atoms with Crippen molar-refractivity contribution in [1.82, 2.24) is 19.8 Å². The van der Waals surface area contributed by atoms with Gasteiger partial charge in [0.1, 0.15) is 0 Å². The Bertz CT molecular complexity index is 903. The summed E-state index contributed by atoms with van der Waals surface area (Å²) in [6.07, 6.45) is 7.27. The molecule has 1 unspecified atom stereocenters. The Morgan fingerprint density at radius 2 is 2.04 bits per heavy atom. The first-order chi connectivity index (χ1) is 12.1. The maximum Gasteiger partial charge on any atom is 0.257 e. The monoisotopic (exact) mass is 340 g/mol. The van der Waals surface area contributed by atoms with Crippen LogP contribution in [0.5, 0.6) is 0 Å². The molecule has 25 heavy (non-hydrogen) atoms. The molecule has 0 radical (unpaired) electrons. The fourth-order valence-electron chi connectivity index (χ4n) is 3.48. The summed E-state index contributed by atoms with van der Waals surface area (Å²) in [6, 6.07) is 1.71. The van der Waals surface area contributed by atoms with Crippen LogP contribution >= 0.6 is 0 Å². The van der Waals surface area contributed by atoms with E-state index in [9.17, 15) is 14.4 Å². The number of hydrogen-bond donors (Lipinski definition) is 1. The van der Waals surface area contributed by atoms with Crippen molar-refractivity contribution in [3.63, 3.8) is 0 Å². The number of carbonyl (C=O) groups excluding carboxylic acids is 2. The molecule has 0 spiro atoms. The van der Waals surface area contributed by atoms with Crippen LogP contribution in [0.25, 0.3) is 10.8 Å². The maximum atomic E-state index is 12.9. The third-order valence-electron chi connectivity index (χ3n) is 5.20. The number of rotatable bonds is 3. The van der Waals surface area contributed by atoms with Crippen molar-refractivity contribution in [3.05, 3.63) is 40.6 Å². The van der Waals surface area contributed by atoms with Crippen LogP contribution in [0.3, 0.4) is 0 Å². The molecular weight excluding hydrogens is 320 g/mol. The highest BCUT2D eigenvalue weighted by Crippen LogP contribution is 2.32. The second-order valence-corrected chi connectivity index (χ2v) is 6.87. The van der Waals surface area contributed by atoms with E-state index in [1.54, 1.807) is 18.0 Å². The Hall–Kier alpha value is -2.70. The van der Waals surface area contributed by atoms with E-state index >= 15 is 0 Å². The molecule has 3 heterocycles. The molecule has 1 saturated heterocycles. The number of carbonyl (C=O) groups is 2. The van der Waals surface area contributed by atoms with Gasteiger partial charge in [0.15, 0.2) is 0 Å². The minimum atomic E-state index is -0.260. The third kappa shape index (κ3) is 2.79. The van der Waals surface area contributed by atoms with Crippen LogP contribution in [-0.4, -0.2) is 57.8 Å². The van der Waals surface area contributed by atoms with Crippen LogP contribution in [0.2, 0.25) is 0 Å². The zero-order valence-electron chi connectivity index (χ0n) is 14.1. The van der Waals surface area contributed by atoms with E-state index in [1.165, 1.54) is 18.6 Å². The number of H-pyrrole nitrogens is 1. The highest BCUT2D eigenvalue weighted by molar-refractivity contribution is 6.06. The summed E-state index contributed by atoms with van der Waals surface area (Å²) in [4.78, 5) is 47.2. The van der Waals surface area contributed by atoms with Gasteiger partial charge in [-0.25, -0.2) is 0 Å². The molecule has 4 rings (SSSR count). The molecule has 1 aliphatic heterocycles. The quantitative estimate of drug-likeness (QED) is 0.903. The molecule has 130 valence electrons. The summed E-state index contributed by atoms with van der Waals surface area (Å²) in [5.41, 5.74) is 0.155. The van der Waals surface area contributed by atoms with Gasteiger partial charge in [0, 0.05) is 50.0 Å². The van der Waals surface area contributed by atoms with Gasteiger partial charge in [-0.2, -0.15) is 0 Å². The first kappa shape index (κ1) is 15.8. The highest BCUT2D eigenvalue weighted by Gasteiger charge is 2.38. The van der Waals surface area contributed by atoms with E-state index in [-0.39, 0.29) is 29.3 Å². The third-order valence-corrected chi connectivity index (χ3v) is 5.20. The van der Waals surface area contributed by atoms with E-state index in [0.29, 0.717) is 29.4 Å². The number of aromatic nitrogens is 2. The lowest BCUT2D eigenvalue weighted by atomic mass is 10.1. The highest BCUT2D eigenvalue weighted by atomic mass is 16.2. The van der Waals surface area contributed by atoms with Gasteiger partial charge in [-0.1, -0.05) is 0 Å². The predicted molar refractivity (Wildman–Crippen MR) is 92.2 cm³/mol. The number of likely N-dealkylation sites (tertiary alicyclic amines) is 1.